The SMILES string of the molecule is C=CC(=O)OC(C=O)OC(C)CCCCCCC. The van der Waals surface area contributed by atoms with E-state index in [0.29, 0.717) is 6.29 Å². The molecule has 0 N–H and O–H groups in total. The summed E-state index contributed by atoms with van der Waals surface area (Å²) in [6.45, 7) is 7.31. The fourth-order valence-corrected chi connectivity index (χ4v) is 1.58. The maximum absolute atomic E-state index is 10.9. The number of carbonyl (C=O) groups is 2. The fourth-order valence-electron chi connectivity index (χ4n) is 1.58. The molecule has 0 bridgehead atoms. The van der Waals surface area contributed by atoms with E-state index >= 15 is 0 Å². The summed E-state index contributed by atoms with van der Waals surface area (Å²) < 4.78 is 10.0. The molecule has 104 valence electrons. The van der Waals surface area contributed by atoms with Crippen LogP contribution in [0.25, 0.3) is 0 Å². The lowest BCUT2D eigenvalue weighted by Gasteiger charge is -2.17. The largest absolute Gasteiger partial charge is 0.425 e. The van der Waals surface area contributed by atoms with Crippen molar-refractivity contribution in [2.24, 2.45) is 0 Å². The Balaban J connectivity index is 3.75. The average molecular weight is 256 g/mol. The topological polar surface area (TPSA) is 52.6 Å². The van der Waals surface area contributed by atoms with Crippen LogP contribution in [0.5, 0.6) is 0 Å². The molecule has 0 aromatic carbocycles. The summed E-state index contributed by atoms with van der Waals surface area (Å²) >= 11 is 0. The third kappa shape index (κ3) is 8.93. The van der Waals surface area contributed by atoms with Crippen molar-refractivity contribution in [2.45, 2.75) is 64.8 Å². The summed E-state index contributed by atoms with van der Waals surface area (Å²) in [6, 6.07) is 0. The third-order valence-electron chi connectivity index (χ3n) is 2.59. The van der Waals surface area contributed by atoms with Crippen molar-refractivity contribution in [3.05, 3.63) is 12.7 Å². The van der Waals surface area contributed by atoms with Gasteiger partial charge in [0.15, 0.2) is 6.29 Å². The Labute approximate surface area is 109 Å². The highest BCUT2D eigenvalue weighted by Crippen LogP contribution is 2.10. The van der Waals surface area contributed by atoms with Gasteiger partial charge in [-0.1, -0.05) is 45.6 Å². The van der Waals surface area contributed by atoms with Crippen molar-refractivity contribution < 1.29 is 19.1 Å². The normalized spacial score (nSPS) is 13.7. The molecule has 2 unspecified atom stereocenters. The Bertz CT molecular complexity index is 250. The molecule has 0 aliphatic heterocycles. The van der Waals surface area contributed by atoms with Gasteiger partial charge in [0.1, 0.15) is 0 Å². The predicted octanol–water partition coefficient (Wildman–Crippen LogP) is 3.01. The van der Waals surface area contributed by atoms with E-state index in [0.717, 1.165) is 18.9 Å². The van der Waals surface area contributed by atoms with E-state index in [4.69, 9.17) is 9.47 Å². The maximum Gasteiger partial charge on any atom is 0.332 e. The molecule has 4 nitrogen and oxygen atoms in total. The molecule has 0 fully saturated rings. The number of unbranched alkanes of at least 4 members (excludes halogenated alkanes) is 4. The molecule has 0 radical (unpaired) electrons. The van der Waals surface area contributed by atoms with Crippen molar-refractivity contribution in [1.29, 1.82) is 0 Å². The van der Waals surface area contributed by atoms with Crippen LogP contribution in [-0.4, -0.2) is 24.6 Å². The molecular weight excluding hydrogens is 232 g/mol. The smallest absolute Gasteiger partial charge is 0.332 e. The molecule has 0 aromatic rings. The first-order chi connectivity index (χ1) is 8.63. The summed E-state index contributed by atoms with van der Waals surface area (Å²) in [4.78, 5) is 21.6. The van der Waals surface area contributed by atoms with E-state index in [1.165, 1.54) is 25.7 Å². The van der Waals surface area contributed by atoms with Gasteiger partial charge in [-0.15, -0.1) is 0 Å². The van der Waals surface area contributed by atoms with Crippen molar-refractivity contribution in [1.82, 2.24) is 0 Å². The van der Waals surface area contributed by atoms with Gasteiger partial charge in [-0.05, 0) is 13.3 Å². The van der Waals surface area contributed by atoms with Gasteiger partial charge < -0.3 is 9.47 Å². The zero-order valence-electron chi connectivity index (χ0n) is 11.4. The monoisotopic (exact) mass is 256 g/mol. The highest BCUT2D eigenvalue weighted by molar-refractivity contribution is 5.82. The molecule has 0 heterocycles. The fraction of sp³-hybridized carbons (Fsp3) is 0.714. The third-order valence-corrected chi connectivity index (χ3v) is 2.59. The van der Waals surface area contributed by atoms with Gasteiger partial charge in [0, 0.05) is 6.08 Å². The van der Waals surface area contributed by atoms with E-state index in [-0.39, 0.29) is 6.10 Å². The second-order valence-corrected chi connectivity index (χ2v) is 4.30. The maximum atomic E-state index is 10.9. The number of esters is 1. The minimum absolute atomic E-state index is 0.0977. The molecule has 0 spiro atoms. The number of rotatable bonds is 11. The highest BCUT2D eigenvalue weighted by Gasteiger charge is 2.15. The molecule has 0 aliphatic carbocycles. The Kier molecular flexibility index (Phi) is 10.3. The molecule has 0 saturated heterocycles. The molecule has 18 heavy (non-hydrogen) atoms. The zero-order chi connectivity index (χ0) is 13.8. The van der Waals surface area contributed by atoms with Crippen LogP contribution in [0.1, 0.15) is 52.4 Å². The standard InChI is InChI=1S/C14H24O4/c1-4-6-7-8-9-10-12(3)17-14(11-15)18-13(16)5-2/h5,11-12,14H,2,4,6-10H2,1,3H3. The quantitative estimate of drug-likeness (QED) is 0.187. The van der Waals surface area contributed by atoms with Crippen LogP contribution in [0.2, 0.25) is 0 Å². The van der Waals surface area contributed by atoms with Crippen molar-refractivity contribution in [3.63, 3.8) is 0 Å². The molecule has 0 rings (SSSR count). The Morgan fingerprint density at radius 3 is 2.50 bits per heavy atom. The lowest BCUT2D eigenvalue weighted by Crippen LogP contribution is -2.26. The lowest BCUT2D eigenvalue weighted by molar-refractivity contribution is -0.182. The molecule has 0 aromatic heterocycles. The molecule has 0 saturated carbocycles. The van der Waals surface area contributed by atoms with E-state index < -0.39 is 12.3 Å². The van der Waals surface area contributed by atoms with Crippen LogP contribution in [0.3, 0.4) is 0 Å². The minimum atomic E-state index is -1.12. The van der Waals surface area contributed by atoms with E-state index in [1.807, 2.05) is 6.92 Å². The summed E-state index contributed by atoms with van der Waals surface area (Å²) in [5, 5.41) is 0. The first kappa shape index (κ1) is 16.8. The Morgan fingerprint density at radius 2 is 1.94 bits per heavy atom. The van der Waals surface area contributed by atoms with Crippen LogP contribution in [0.4, 0.5) is 0 Å². The first-order valence-corrected chi connectivity index (χ1v) is 6.57. The van der Waals surface area contributed by atoms with E-state index in [1.54, 1.807) is 0 Å². The van der Waals surface area contributed by atoms with Gasteiger partial charge in [0.05, 0.1) is 6.10 Å². The van der Waals surface area contributed by atoms with Gasteiger partial charge in [-0.3, -0.25) is 4.79 Å². The molecule has 0 aliphatic rings. The average Bonchev–Trinajstić information content (AvgIpc) is 2.37. The minimum Gasteiger partial charge on any atom is -0.425 e. The van der Waals surface area contributed by atoms with Crippen molar-refractivity contribution >= 4 is 12.3 Å². The summed E-state index contributed by atoms with van der Waals surface area (Å²) in [5.41, 5.74) is 0. The van der Waals surface area contributed by atoms with Crippen LogP contribution >= 0.6 is 0 Å². The summed E-state index contributed by atoms with van der Waals surface area (Å²) in [7, 11) is 0. The van der Waals surface area contributed by atoms with E-state index in [9.17, 15) is 9.59 Å². The lowest BCUT2D eigenvalue weighted by atomic mass is 10.1. The molecule has 2 atom stereocenters. The van der Waals surface area contributed by atoms with Crippen molar-refractivity contribution in [2.75, 3.05) is 0 Å². The number of aldehydes is 1. The Morgan fingerprint density at radius 1 is 1.28 bits per heavy atom. The number of carbonyl (C=O) groups excluding carboxylic acids is 2. The summed E-state index contributed by atoms with van der Waals surface area (Å²) in [6.07, 6.45) is 7.05. The zero-order valence-corrected chi connectivity index (χ0v) is 11.4. The first-order valence-electron chi connectivity index (χ1n) is 6.57. The predicted molar refractivity (Wildman–Crippen MR) is 70.1 cm³/mol. The van der Waals surface area contributed by atoms with Gasteiger partial charge in [0.2, 0.25) is 0 Å². The van der Waals surface area contributed by atoms with Crippen LogP contribution in [0.15, 0.2) is 12.7 Å². The van der Waals surface area contributed by atoms with Gasteiger partial charge in [-0.25, -0.2) is 4.79 Å². The van der Waals surface area contributed by atoms with Gasteiger partial charge in [-0.2, -0.15) is 0 Å². The summed E-state index contributed by atoms with van der Waals surface area (Å²) in [5.74, 6) is -0.651. The molecule has 4 heteroatoms. The van der Waals surface area contributed by atoms with Gasteiger partial charge in [0.25, 0.3) is 6.29 Å². The number of ether oxygens (including phenoxy) is 2. The second kappa shape index (κ2) is 11.0. The van der Waals surface area contributed by atoms with Crippen LogP contribution in [0, 0.1) is 0 Å². The highest BCUT2D eigenvalue weighted by atomic mass is 16.7. The molecular formula is C14H24O4. The Hall–Kier alpha value is -1.16. The molecule has 0 amide bonds. The van der Waals surface area contributed by atoms with Gasteiger partial charge >= 0.3 is 5.97 Å². The van der Waals surface area contributed by atoms with Crippen molar-refractivity contribution in [3.8, 4) is 0 Å². The van der Waals surface area contributed by atoms with E-state index in [2.05, 4.69) is 13.5 Å². The number of hydrogen-bond donors (Lipinski definition) is 0. The second-order valence-electron chi connectivity index (χ2n) is 4.30. The number of hydrogen-bond acceptors (Lipinski definition) is 4. The van der Waals surface area contributed by atoms with Crippen LogP contribution < -0.4 is 0 Å². The van der Waals surface area contributed by atoms with Crippen LogP contribution in [-0.2, 0) is 19.1 Å².